The number of rotatable bonds is 5. The van der Waals surface area contributed by atoms with Gasteiger partial charge >= 0.3 is 6.03 Å². The molecule has 1 aromatic carbocycles. The number of hydrogen-bond acceptors (Lipinski definition) is 8. The molecule has 3 rings (SSSR count). The molecule has 25 heavy (non-hydrogen) atoms. The average Bonchev–Trinajstić information content (AvgIpc) is 3.19. The summed E-state index contributed by atoms with van der Waals surface area (Å²) in [7, 11) is 0. The Balaban J connectivity index is 1.76. The molecule has 1 aromatic heterocycles. The maximum Gasteiger partial charge on any atom is 0.318 e. The lowest BCUT2D eigenvalue weighted by Crippen LogP contribution is -2.42. The van der Waals surface area contributed by atoms with E-state index in [9.17, 15) is 9.59 Å². The summed E-state index contributed by atoms with van der Waals surface area (Å²) in [6.45, 7) is 3.86. The molecule has 132 valence electrons. The third-order valence-electron chi connectivity index (χ3n) is 3.36. The normalized spacial score (nSPS) is 13.7. The van der Waals surface area contributed by atoms with Crippen LogP contribution in [0.25, 0.3) is 11.5 Å². The first-order valence-corrected chi connectivity index (χ1v) is 8.32. The molecular formula is C15H16N4O5S. The van der Waals surface area contributed by atoms with E-state index < -0.39 is 17.2 Å². The van der Waals surface area contributed by atoms with Crippen molar-refractivity contribution in [1.82, 2.24) is 15.5 Å². The summed E-state index contributed by atoms with van der Waals surface area (Å²) >= 11 is 1.07. The van der Waals surface area contributed by atoms with Gasteiger partial charge < -0.3 is 19.6 Å². The van der Waals surface area contributed by atoms with Gasteiger partial charge in [-0.05, 0) is 24.1 Å². The maximum absolute atomic E-state index is 12.1. The van der Waals surface area contributed by atoms with E-state index in [1.54, 1.807) is 18.2 Å². The van der Waals surface area contributed by atoms with Gasteiger partial charge in [-0.25, -0.2) is 4.79 Å². The molecule has 1 aliphatic rings. The first-order valence-electron chi connectivity index (χ1n) is 7.44. The number of hydrogen-bond donors (Lipinski definition) is 2. The van der Waals surface area contributed by atoms with Gasteiger partial charge in [-0.3, -0.25) is 10.1 Å². The average molecular weight is 364 g/mol. The second kappa shape index (κ2) is 7.01. The summed E-state index contributed by atoms with van der Waals surface area (Å²) in [5, 5.41) is 9.62. The molecule has 3 amide bonds. The van der Waals surface area contributed by atoms with Crippen LogP contribution in [0.1, 0.15) is 13.8 Å². The van der Waals surface area contributed by atoms with E-state index >= 15 is 0 Å². The van der Waals surface area contributed by atoms with Gasteiger partial charge in [0.15, 0.2) is 11.5 Å². The Hall–Kier alpha value is -2.75. The highest BCUT2D eigenvalue weighted by Crippen LogP contribution is 2.36. The van der Waals surface area contributed by atoms with E-state index in [1.165, 1.54) is 0 Å². The van der Waals surface area contributed by atoms with E-state index in [1.807, 2.05) is 13.8 Å². The smallest absolute Gasteiger partial charge is 0.318 e. The lowest BCUT2D eigenvalue weighted by molar-refractivity contribution is -0.120. The SMILES string of the molecule is CC(C)[C@H](Sc1nnc(-c2ccc3c(c2)OCO3)o1)C(=O)NC(N)=O. The number of carbonyl (C=O) groups is 2. The van der Waals surface area contributed by atoms with E-state index in [2.05, 4.69) is 15.5 Å². The molecule has 0 radical (unpaired) electrons. The summed E-state index contributed by atoms with van der Waals surface area (Å²) in [6.07, 6.45) is 0. The van der Waals surface area contributed by atoms with Crippen LogP contribution in [0, 0.1) is 5.92 Å². The Morgan fingerprint density at radius 3 is 2.72 bits per heavy atom. The second-order valence-electron chi connectivity index (χ2n) is 5.58. The Morgan fingerprint density at radius 2 is 2.00 bits per heavy atom. The molecule has 0 bridgehead atoms. The van der Waals surface area contributed by atoms with Gasteiger partial charge in [0.2, 0.25) is 18.6 Å². The monoisotopic (exact) mass is 364 g/mol. The molecule has 0 unspecified atom stereocenters. The molecule has 0 saturated heterocycles. The van der Waals surface area contributed by atoms with Crippen LogP contribution >= 0.6 is 11.8 Å². The summed E-state index contributed by atoms with van der Waals surface area (Å²) in [4.78, 5) is 22.9. The zero-order valence-electron chi connectivity index (χ0n) is 13.5. The van der Waals surface area contributed by atoms with E-state index in [4.69, 9.17) is 19.6 Å². The number of aromatic nitrogens is 2. The van der Waals surface area contributed by atoms with Gasteiger partial charge in [0, 0.05) is 5.56 Å². The van der Waals surface area contributed by atoms with E-state index in [0.29, 0.717) is 23.0 Å². The summed E-state index contributed by atoms with van der Waals surface area (Å²) in [5.74, 6) is 0.964. The highest BCUT2D eigenvalue weighted by molar-refractivity contribution is 8.00. The van der Waals surface area contributed by atoms with Crippen LogP contribution in [0.15, 0.2) is 27.8 Å². The van der Waals surface area contributed by atoms with Crippen LogP contribution in [0.5, 0.6) is 11.5 Å². The number of primary amides is 1. The predicted octanol–water partition coefficient (Wildman–Crippen LogP) is 1.78. The van der Waals surface area contributed by atoms with Gasteiger partial charge in [0.05, 0.1) is 5.25 Å². The minimum absolute atomic E-state index is 0.0785. The van der Waals surface area contributed by atoms with Crippen molar-refractivity contribution in [2.45, 2.75) is 24.3 Å². The van der Waals surface area contributed by atoms with Crippen LogP contribution in [0.3, 0.4) is 0 Å². The topological polar surface area (TPSA) is 130 Å². The van der Waals surface area contributed by atoms with Gasteiger partial charge in [-0.15, -0.1) is 10.2 Å². The highest BCUT2D eigenvalue weighted by Gasteiger charge is 2.27. The molecule has 2 heterocycles. The van der Waals surface area contributed by atoms with Crippen molar-refractivity contribution < 1.29 is 23.5 Å². The highest BCUT2D eigenvalue weighted by atomic mass is 32.2. The Morgan fingerprint density at radius 1 is 1.24 bits per heavy atom. The molecule has 0 aliphatic carbocycles. The van der Waals surface area contributed by atoms with Crippen LogP contribution in [-0.2, 0) is 4.79 Å². The van der Waals surface area contributed by atoms with Crippen molar-refractivity contribution in [1.29, 1.82) is 0 Å². The fourth-order valence-corrected chi connectivity index (χ4v) is 3.07. The van der Waals surface area contributed by atoms with Crippen molar-refractivity contribution >= 4 is 23.7 Å². The fraction of sp³-hybridized carbons (Fsp3) is 0.333. The zero-order valence-corrected chi connectivity index (χ0v) is 14.3. The van der Waals surface area contributed by atoms with E-state index in [0.717, 1.165) is 11.8 Å². The van der Waals surface area contributed by atoms with Gasteiger partial charge in [0.1, 0.15) is 0 Å². The van der Waals surface area contributed by atoms with Gasteiger partial charge in [-0.2, -0.15) is 0 Å². The Kier molecular flexibility index (Phi) is 4.79. The molecule has 2 aromatic rings. The molecule has 10 heteroatoms. The van der Waals surface area contributed by atoms with Crippen molar-refractivity contribution in [2.75, 3.05) is 6.79 Å². The first kappa shape index (κ1) is 17.1. The number of ether oxygens (including phenoxy) is 2. The zero-order chi connectivity index (χ0) is 18.0. The third-order valence-corrected chi connectivity index (χ3v) is 4.74. The predicted molar refractivity (Wildman–Crippen MR) is 88.1 cm³/mol. The van der Waals surface area contributed by atoms with E-state index in [-0.39, 0.29) is 17.9 Å². The number of benzene rings is 1. The van der Waals surface area contributed by atoms with Crippen molar-refractivity contribution in [3.05, 3.63) is 18.2 Å². The molecule has 0 saturated carbocycles. The quantitative estimate of drug-likeness (QED) is 0.768. The molecular weight excluding hydrogens is 348 g/mol. The number of urea groups is 1. The lowest BCUT2D eigenvalue weighted by Gasteiger charge is -2.16. The number of imide groups is 1. The Bertz CT molecular complexity index is 807. The third kappa shape index (κ3) is 3.85. The minimum atomic E-state index is -0.900. The first-order chi connectivity index (χ1) is 11.9. The maximum atomic E-state index is 12.1. The van der Waals surface area contributed by atoms with Crippen molar-refractivity contribution in [3.8, 4) is 23.0 Å². The summed E-state index contributed by atoms with van der Waals surface area (Å²) in [6, 6.07) is 4.37. The van der Waals surface area contributed by atoms with Crippen LogP contribution < -0.4 is 20.5 Å². The number of nitrogens with two attached hydrogens (primary N) is 1. The minimum Gasteiger partial charge on any atom is -0.454 e. The van der Waals surface area contributed by atoms with Crippen LogP contribution in [0.4, 0.5) is 4.79 Å². The van der Waals surface area contributed by atoms with Crippen LogP contribution in [-0.4, -0.2) is 34.2 Å². The standard InChI is InChI=1S/C15H16N4O5S/c1-7(2)11(12(20)17-14(16)21)25-15-19-18-13(24-15)8-3-4-9-10(5-8)23-6-22-9/h3-5,7,11H,6H2,1-2H3,(H3,16,17,20,21)/t11-/m0/s1. The molecule has 1 atom stereocenters. The fourth-order valence-electron chi connectivity index (χ4n) is 2.20. The van der Waals surface area contributed by atoms with Gasteiger partial charge in [-0.1, -0.05) is 25.6 Å². The summed E-state index contributed by atoms with van der Waals surface area (Å²) in [5.41, 5.74) is 5.67. The number of nitrogens with zero attached hydrogens (tertiary/aromatic N) is 2. The molecule has 9 nitrogen and oxygen atoms in total. The lowest BCUT2D eigenvalue weighted by atomic mass is 10.1. The largest absolute Gasteiger partial charge is 0.454 e. The number of amides is 3. The molecule has 0 fully saturated rings. The van der Waals surface area contributed by atoms with Crippen molar-refractivity contribution in [2.24, 2.45) is 11.7 Å². The van der Waals surface area contributed by atoms with Gasteiger partial charge in [0.25, 0.3) is 5.22 Å². The van der Waals surface area contributed by atoms with Crippen LogP contribution in [0.2, 0.25) is 0 Å². The molecule has 3 N–H and O–H groups in total. The molecule has 1 aliphatic heterocycles. The second-order valence-corrected chi connectivity index (χ2v) is 6.67. The number of nitrogens with one attached hydrogen (secondary N) is 1. The number of thioether (sulfide) groups is 1. The number of fused-ring (bicyclic) bond motifs is 1. The Labute approximate surface area is 147 Å². The molecule has 0 spiro atoms. The summed E-state index contributed by atoms with van der Waals surface area (Å²) < 4.78 is 16.2. The van der Waals surface area contributed by atoms with Crippen molar-refractivity contribution in [3.63, 3.8) is 0 Å². The number of carbonyl (C=O) groups excluding carboxylic acids is 2.